The first-order valence-electron chi connectivity index (χ1n) is 5.15. The van der Waals surface area contributed by atoms with Gasteiger partial charge in [0.15, 0.2) is 6.40 Å². The van der Waals surface area contributed by atoms with Crippen LogP contribution >= 0.6 is 22.9 Å². The van der Waals surface area contributed by atoms with Gasteiger partial charge in [0.2, 0.25) is 5.13 Å². The third-order valence-corrected chi connectivity index (χ3v) is 3.04. The lowest BCUT2D eigenvalue weighted by Gasteiger charge is -1.95. The molecule has 2 rings (SSSR count). The number of hydrogen-bond donors (Lipinski definition) is 0. The minimum atomic E-state index is 0.610. The molecule has 0 atom stereocenters. The van der Waals surface area contributed by atoms with Gasteiger partial charge in [-0.25, -0.2) is 4.98 Å². The number of thiazole rings is 1. The van der Waals surface area contributed by atoms with Crippen molar-refractivity contribution >= 4 is 34.5 Å². The second kappa shape index (κ2) is 5.80. The molecule has 0 aliphatic heterocycles. The van der Waals surface area contributed by atoms with Gasteiger partial charge in [-0.2, -0.15) is 4.99 Å². The molecule has 3 nitrogen and oxygen atoms in total. The van der Waals surface area contributed by atoms with Crippen molar-refractivity contribution in [2.24, 2.45) is 4.99 Å². The Hall–Kier alpha value is -1.39. The monoisotopic (exact) mass is 266 g/mol. The van der Waals surface area contributed by atoms with Crippen LogP contribution in [0.15, 0.2) is 34.6 Å². The van der Waals surface area contributed by atoms with Crippen molar-refractivity contribution in [1.29, 1.82) is 0 Å². The molecule has 5 heteroatoms. The van der Waals surface area contributed by atoms with Gasteiger partial charge in [-0.15, -0.1) is 11.3 Å². The van der Waals surface area contributed by atoms with Crippen LogP contribution in [-0.2, 0) is 4.74 Å². The molecule has 17 heavy (non-hydrogen) atoms. The fourth-order valence-electron chi connectivity index (χ4n) is 1.23. The number of nitrogens with zero attached hydrogens (tertiary/aromatic N) is 2. The molecule has 0 radical (unpaired) electrons. The highest BCUT2D eigenvalue weighted by molar-refractivity contribution is 7.13. The molecule has 1 aromatic carbocycles. The van der Waals surface area contributed by atoms with E-state index in [9.17, 15) is 0 Å². The van der Waals surface area contributed by atoms with Crippen LogP contribution in [0.4, 0.5) is 5.13 Å². The van der Waals surface area contributed by atoms with Crippen LogP contribution in [0.3, 0.4) is 0 Å². The Morgan fingerprint density at radius 1 is 1.41 bits per heavy atom. The minimum absolute atomic E-state index is 0.610. The fourth-order valence-corrected chi connectivity index (χ4v) is 2.02. The molecule has 0 fully saturated rings. The Kier molecular flexibility index (Phi) is 4.12. The Labute approximate surface area is 109 Å². The molecule has 0 bridgehead atoms. The molecule has 0 spiro atoms. The van der Waals surface area contributed by atoms with Crippen LogP contribution in [0.5, 0.6) is 0 Å². The molecule has 0 aliphatic rings. The van der Waals surface area contributed by atoms with Crippen molar-refractivity contribution in [2.75, 3.05) is 6.61 Å². The second-order valence-electron chi connectivity index (χ2n) is 3.21. The number of benzene rings is 1. The van der Waals surface area contributed by atoms with Gasteiger partial charge < -0.3 is 4.74 Å². The lowest BCUT2D eigenvalue weighted by atomic mass is 10.2. The minimum Gasteiger partial charge on any atom is -0.483 e. The van der Waals surface area contributed by atoms with E-state index in [-0.39, 0.29) is 0 Å². The van der Waals surface area contributed by atoms with Gasteiger partial charge in [-0.3, -0.25) is 0 Å². The highest BCUT2D eigenvalue weighted by Crippen LogP contribution is 2.27. The Morgan fingerprint density at radius 3 is 2.88 bits per heavy atom. The number of aliphatic imine (C=N–C) groups is 1. The molecule has 0 amide bonds. The summed E-state index contributed by atoms with van der Waals surface area (Å²) in [5, 5.41) is 3.36. The lowest BCUT2D eigenvalue weighted by molar-refractivity contribution is 0.344. The van der Waals surface area contributed by atoms with Crippen molar-refractivity contribution < 1.29 is 4.74 Å². The van der Waals surface area contributed by atoms with Crippen LogP contribution < -0.4 is 0 Å². The van der Waals surface area contributed by atoms with E-state index in [0.717, 1.165) is 16.3 Å². The molecular formula is C12H11ClN2OS. The standard InChI is InChI=1S/C12H11ClN2OS/c1-2-16-8-14-12-15-11(7-17-12)9-3-5-10(13)6-4-9/h3-8H,2H2,1H3/b14-8+. The fraction of sp³-hybridized carbons (Fsp3) is 0.167. The number of halogens is 1. The summed E-state index contributed by atoms with van der Waals surface area (Å²) < 4.78 is 5.03. The molecule has 0 N–H and O–H groups in total. The van der Waals surface area contributed by atoms with Crippen molar-refractivity contribution in [3.05, 3.63) is 34.7 Å². The largest absolute Gasteiger partial charge is 0.483 e. The zero-order chi connectivity index (χ0) is 12.1. The number of aromatic nitrogens is 1. The van der Waals surface area contributed by atoms with E-state index in [0.29, 0.717) is 11.7 Å². The van der Waals surface area contributed by atoms with E-state index in [2.05, 4.69) is 9.98 Å². The van der Waals surface area contributed by atoms with E-state index < -0.39 is 0 Å². The summed E-state index contributed by atoms with van der Waals surface area (Å²) in [6.07, 6.45) is 1.42. The molecule has 0 saturated heterocycles. The van der Waals surface area contributed by atoms with Crippen molar-refractivity contribution in [3.63, 3.8) is 0 Å². The Balaban J connectivity index is 2.15. The van der Waals surface area contributed by atoms with E-state index in [1.54, 1.807) is 0 Å². The summed E-state index contributed by atoms with van der Waals surface area (Å²) in [5.74, 6) is 0. The highest BCUT2D eigenvalue weighted by Gasteiger charge is 2.03. The first-order chi connectivity index (χ1) is 8.29. The van der Waals surface area contributed by atoms with Crippen molar-refractivity contribution in [1.82, 2.24) is 4.98 Å². The first kappa shape index (κ1) is 12.1. The third-order valence-electron chi connectivity index (χ3n) is 2.04. The van der Waals surface area contributed by atoms with Crippen molar-refractivity contribution in [2.45, 2.75) is 6.92 Å². The molecule has 0 unspecified atom stereocenters. The van der Waals surface area contributed by atoms with E-state index in [1.807, 2.05) is 36.6 Å². The summed E-state index contributed by atoms with van der Waals surface area (Å²) in [7, 11) is 0. The quantitative estimate of drug-likeness (QED) is 0.615. The average Bonchev–Trinajstić information content (AvgIpc) is 2.79. The Bertz CT molecular complexity index is 507. The molecular weight excluding hydrogens is 256 g/mol. The zero-order valence-corrected chi connectivity index (χ0v) is 10.8. The summed E-state index contributed by atoms with van der Waals surface area (Å²) in [6, 6.07) is 7.57. The molecule has 1 aromatic heterocycles. The summed E-state index contributed by atoms with van der Waals surface area (Å²) in [6.45, 7) is 2.52. The number of hydrogen-bond acceptors (Lipinski definition) is 4. The van der Waals surface area contributed by atoms with Gasteiger partial charge >= 0.3 is 0 Å². The zero-order valence-electron chi connectivity index (χ0n) is 9.26. The molecule has 88 valence electrons. The van der Waals surface area contributed by atoms with Gasteiger partial charge in [0, 0.05) is 16.0 Å². The summed E-state index contributed by atoms with van der Waals surface area (Å²) >= 11 is 7.31. The average molecular weight is 267 g/mol. The second-order valence-corrected chi connectivity index (χ2v) is 4.49. The SMILES string of the molecule is CCO/C=N/c1nc(-c2ccc(Cl)cc2)cs1. The lowest BCUT2D eigenvalue weighted by Crippen LogP contribution is -1.83. The predicted molar refractivity (Wildman–Crippen MR) is 72.3 cm³/mol. The smallest absolute Gasteiger partial charge is 0.212 e. The topological polar surface area (TPSA) is 34.5 Å². The number of rotatable bonds is 4. The van der Waals surface area contributed by atoms with E-state index in [1.165, 1.54) is 17.7 Å². The molecule has 1 heterocycles. The molecule has 0 aliphatic carbocycles. The normalized spacial score (nSPS) is 10.9. The first-order valence-corrected chi connectivity index (χ1v) is 6.41. The van der Waals surface area contributed by atoms with Crippen molar-refractivity contribution in [3.8, 4) is 11.3 Å². The van der Waals surface area contributed by atoms with Crippen LogP contribution in [0, 0.1) is 0 Å². The van der Waals surface area contributed by atoms with E-state index in [4.69, 9.17) is 16.3 Å². The maximum Gasteiger partial charge on any atom is 0.212 e. The van der Waals surface area contributed by atoms with Crippen LogP contribution in [-0.4, -0.2) is 18.0 Å². The summed E-state index contributed by atoms with van der Waals surface area (Å²) in [5.41, 5.74) is 1.93. The van der Waals surface area contributed by atoms with Gasteiger partial charge in [0.1, 0.15) is 0 Å². The van der Waals surface area contributed by atoms with Crippen LogP contribution in [0.2, 0.25) is 5.02 Å². The highest BCUT2D eigenvalue weighted by atomic mass is 35.5. The Morgan fingerprint density at radius 2 is 2.18 bits per heavy atom. The molecule has 0 saturated carbocycles. The number of ether oxygens (including phenoxy) is 1. The van der Waals surface area contributed by atoms with Gasteiger partial charge in [0.25, 0.3) is 0 Å². The maximum absolute atomic E-state index is 5.83. The van der Waals surface area contributed by atoms with E-state index >= 15 is 0 Å². The van der Waals surface area contributed by atoms with Gasteiger partial charge in [0.05, 0.1) is 12.3 Å². The van der Waals surface area contributed by atoms with Crippen LogP contribution in [0.1, 0.15) is 6.92 Å². The van der Waals surface area contributed by atoms with Gasteiger partial charge in [-0.05, 0) is 19.1 Å². The third kappa shape index (κ3) is 3.28. The van der Waals surface area contributed by atoms with Crippen LogP contribution in [0.25, 0.3) is 11.3 Å². The predicted octanol–water partition coefficient (Wildman–Crippen LogP) is 4.16. The van der Waals surface area contributed by atoms with Gasteiger partial charge in [-0.1, -0.05) is 23.7 Å². The maximum atomic E-state index is 5.83. The molecule has 2 aromatic rings. The summed E-state index contributed by atoms with van der Waals surface area (Å²) in [4.78, 5) is 8.47.